The summed E-state index contributed by atoms with van der Waals surface area (Å²) in [7, 11) is 0. The molecule has 9 heteroatoms. The van der Waals surface area contributed by atoms with Crippen molar-refractivity contribution in [3.63, 3.8) is 0 Å². The number of ether oxygens (including phenoxy) is 1. The standard InChI is InChI=1S/C25H17F6NO2/c1-3-4-5-13-6-17(27)22(18(28)7-13)14-8-19(29)23(20(30)9-14)25(33)34-21-10-16(26)15(11-32)24(31)12(21)2/h6-10H,3-5H2,1-2H3. The summed E-state index contributed by atoms with van der Waals surface area (Å²) in [5.41, 5.74) is -3.35. The van der Waals surface area contributed by atoms with Crippen LogP contribution in [0.3, 0.4) is 0 Å². The van der Waals surface area contributed by atoms with Gasteiger partial charge in [-0.1, -0.05) is 13.3 Å². The van der Waals surface area contributed by atoms with E-state index in [1.165, 1.54) is 6.07 Å². The van der Waals surface area contributed by atoms with Gasteiger partial charge in [-0.25, -0.2) is 31.1 Å². The number of nitrogens with zero attached hydrogens (tertiary/aromatic N) is 1. The number of carbonyl (C=O) groups excluding carboxylic acids is 1. The number of esters is 1. The molecule has 0 radical (unpaired) electrons. The number of nitriles is 1. The van der Waals surface area contributed by atoms with Crippen LogP contribution in [0.15, 0.2) is 30.3 Å². The first kappa shape index (κ1) is 24.8. The lowest BCUT2D eigenvalue weighted by atomic mass is 9.98. The van der Waals surface area contributed by atoms with Gasteiger partial charge in [-0.05, 0) is 55.2 Å². The van der Waals surface area contributed by atoms with Crippen molar-refractivity contribution < 1.29 is 35.9 Å². The van der Waals surface area contributed by atoms with Crippen LogP contribution in [-0.2, 0) is 6.42 Å². The molecule has 0 atom stereocenters. The van der Waals surface area contributed by atoms with Crippen LogP contribution in [0.1, 0.15) is 46.8 Å². The predicted molar refractivity (Wildman–Crippen MR) is 111 cm³/mol. The first-order valence-electron chi connectivity index (χ1n) is 10.2. The van der Waals surface area contributed by atoms with Crippen LogP contribution in [0, 0.1) is 53.2 Å². The topological polar surface area (TPSA) is 50.1 Å². The highest BCUT2D eigenvalue weighted by atomic mass is 19.2. The Morgan fingerprint density at radius 2 is 1.50 bits per heavy atom. The van der Waals surface area contributed by atoms with E-state index in [9.17, 15) is 31.1 Å². The monoisotopic (exact) mass is 477 g/mol. The minimum Gasteiger partial charge on any atom is -0.422 e. The smallest absolute Gasteiger partial charge is 0.349 e. The number of benzene rings is 3. The molecule has 176 valence electrons. The minimum atomic E-state index is -1.64. The fourth-order valence-electron chi connectivity index (χ4n) is 3.39. The number of hydrogen-bond donors (Lipinski definition) is 0. The van der Waals surface area contributed by atoms with Gasteiger partial charge in [-0.3, -0.25) is 0 Å². The van der Waals surface area contributed by atoms with Crippen molar-refractivity contribution in [3.05, 3.63) is 87.5 Å². The van der Waals surface area contributed by atoms with Crippen LogP contribution in [-0.4, -0.2) is 5.97 Å². The van der Waals surface area contributed by atoms with Crippen LogP contribution < -0.4 is 4.74 Å². The number of unbranched alkanes of at least 4 members (excludes halogenated alkanes) is 1. The molecule has 0 amide bonds. The highest BCUT2D eigenvalue weighted by Gasteiger charge is 2.25. The number of halogens is 6. The SMILES string of the molecule is CCCCc1cc(F)c(-c2cc(F)c(C(=O)Oc3cc(F)c(C#N)c(F)c3C)c(F)c2)c(F)c1. The molecule has 0 bridgehead atoms. The fourth-order valence-corrected chi connectivity index (χ4v) is 3.39. The average molecular weight is 477 g/mol. The second-order valence-corrected chi connectivity index (χ2v) is 7.52. The summed E-state index contributed by atoms with van der Waals surface area (Å²) in [6, 6.07) is 5.09. The first-order valence-corrected chi connectivity index (χ1v) is 10.2. The minimum absolute atomic E-state index is 0.388. The molecule has 3 rings (SSSR count). The zero-order valence-electron chi connectivity index (χ0n) is 18.0. The molecule has 0 aliphatic heterocycles. The van der Waals surface area contributed by atoms with Crippen molar-refractivity contribution in [2.45, 2.75) is 33.1 Å². The Hall–Kier alpha value is -3.80. The zero-order chi connectivity index (χ0) is 25.2. The Bertz CT molecular complexity index is 1280. The van der Waals surface area contributed by atoms with E-state index in [0.29, 0.717) is 36.6 Å². The normalized spacial score (nSPS) is 10.8. The van der Waals surface area contributed by atoms with Crippen LogP contribution in [0.2, 0.25) is 0 Å². The Morgan fingerprint density at radius 1 is 0.912 bits per heavy atom. The molecule has 0 unspecified atom stereocenters. The van der Waals surface area contributed by atoms with Gasteiger partial charge in [0.1, 0.15) is 52.0 Å². The van der Waals surface area contributed by atoms with E-state index in [1.54, 1.807) is 0 Å². The second-order valence-electron chi connectivity index (χ2n) is 7.52. The van der Waals surface area contributed by atoms with E-state index in [0.717, 1.165) is 25.5 Å². The fraction of sp³-hybridized carbons (Fsp3) is 0.200. The van der Waals surface area contributed by atoms with Crippen LogP contribution in [0.25, 0.3) is 11.1 Å². The lowest BCUT2D eigenvalue weighted by Gasteiger charge is -2.12. The molecule has 0 saturated carbocycles. The van der Waals surface area contributed by atoms with Crippen molar-refractivity contribution in [2.75, 3.05) is 0 Å². The third-order valence-corrected chi connectivity index (χ3v) is 5.19. The number of carbonyl (C=O) groups is 1. The largest absolute Gasteiger partial charge is 0.422 e. The van der Waals surface area contributed by atoms with Crippen LogP contribution in [0.4, 0.5) is 26.3 Å². The van der Waals surface area contributed by atoms with Gasteiger partial charge in [0, 0.05) is 11.6 Å². The molecular weight excluding hydrogens is 460 g/mol. The van der Waals surface area contributed by atoms with E-state index < -0.39 is 74.4 Å². The van der Waals surface area contributed by atoms with Gasteiger partial charge >= 0.3 is 5.97 Å². The van der Waals surface area contributed by atoms with Crippen molar-refractivity contribution >= 4 is 5.97 Å². The van der Waals surface area contributed by atoms with Gasteiger partial charge in [0.05, 0.1) is 5.56 Å². The molecule has 0 saturated heterocycles. The van der Waals surface area contributed by atoms with Gasteiger partial charge in [0.15, 0.2) is 5.82 Å². The molecule has 0 spiro atoms. The van der Waals surface area contributed by atoms with Gasteiger partial charge in [0.25, 0.3) is 0 Å². The predicted octanol–water partition coefficient (Wildman–Crippen LogP) is 6.93. The molecule has 0 fully saturated rings. The van der Waals surface area contributed by atoms with E-state index in [1.807, 2.05) is 6.92 Å². The summed E-state index contributed by atoms with van der Waals surface area (Å²) in [5.74, 6) is -10.0. The molecule has 34 heavy (non-hydrogen) atoms. The molecule has 0 aliphatic carbocycles. The summed E-state index contributed by atoms with van der Waals surface area (Å²) in [4.78, 5) is 12.4. The number of hydrogen-bond acceptors (Lipinski definition) is 3. The highest BCUT2D eigenvalue weighted by molar-refractivity contribution is 5.92. The molecule has 0 aliphatic rings. The van der Waals surface area contributed by atoms with Gasteiger partial charge in [0.2, 0.25) is 0 Å². The molecule has 0 N–H and O–H groups in total. The molecule has 3 nitrogen and oxygen atoms in total. The zero-order valence-corrected chi connectivity index (χ0v) is 18.0. The maximum absolute atomic E-state index is 14.7. The molecule has 0 aromatic heterocycles. The molecule has 0 heterocycles. The first-order chi connectivity index (χ1) is 16.1. The number of aryl methyl sites for hydroxylation is 1. The summed E-state index contributed by atoms with van der Waals surface area (Å²) in [6.07, 6.45) is 1.93. The maximum Gasteiger partial charge on any atom is 0.349 e. The van der Waals surface area contributed by atoms with Gasteiger partial charge in [-0.2, -0.15) is 5.26 Å². The lowest BCUT2D eigenvalue weighted by molar-refractivity contribution is 0.0722. The Kier molecular flexibility index (Phi) is 7.30. The van der Waals surface area contributed by atoms with Crippen molar-refractivity contribution in [1.29, 1.82) is 5.26 Å². The summed E-state index contributed by atoms with van der Waals surface area (Å²) >= 11 is 0. The summed E-state index contributed by atoms with van der Waals surface area (Å²) in [6.45, 7) is 2.98. The summed E-state index contributed by atoms with van der Waals surface area (Å²) < 4.78 is 91.1. The summed E-state index contributed by atoms with van der Waals surface area (Å²) in [5, 5.41) is 8.77. The van der Waals surface area contributed by atoms with Gasteiger partial charge < -0.3 is 4.74 Å². The molecule has 3 aromatic rings. The van der Waals surface area contributed by atoms with Crippen molar-refractivity contribution in [3.8, 4) is 22.9 Å². The third-order valence-electron chi connectivity index (χ3n) is 5.19. The Balaban J connectivity index is 1.97. The van der Waals surface area contributed by atoms with Gasteiger partial charge in [-0.15, -0.1) is 0 Å². The molecular formula is C25H17F6NO2. The lowest BCUT2D eigenvalue weighted by Crippen LogP contribution is -2.15. The van der Waals surface area contributed by atoms with E-state index in [4.69, 9.17) is 10.00 Å². The second kappa shape index (κ2) is 10.00. The quantitative estimate of drug-likeness (QED) is 0.220. The Labute approximate surface area is 191 Å². The van der Waals surface area contributed by atoms with E-state index in [-0.39, 0.29) is 0 Å². The Morgan fingerprint density at radius 3 is 2.03 bits per heavy atom. The van der Waals surface area contributed by atoms with Crippen molar-refractivity contribution in [2.24, 2.45) is 0 Å². The average Bonchev–Trinajstić information content (AvgIpc) is 2.75. The van der Waals surface area contributed by atoms with Crippen molar-refractivity contribution in [1.82, 2.24) is 0 Å². The van der Waals surface area contributed by atoms with E-state index >= 15 is 0 Å². The maximum atomic E-state index is 14.7. The van der Waals surface area contributed by atoms with E-state index in [2.05, 4.69) is 0 Å². The molecule has 3 aromatic carbocycles. The van der Waals surface area contributed by atoms with Crippen LogP contribution in [0.5, 0.6) is 5.75 Å². The highest BCUT2D eigenvalue weighted by Crippen LogP contribution is 2.32. The number of rotatable bonds is 6. The van der Waals surface area contributed by atoms with Crippen LogP contribution >= 0.6 is 0 Å². The third kappa shape index (κ3) is 4.76.